The van der Waals surface area contributed by atoms with Crippen molar-refractivity contribution in [1.82, 2.24) is 14.9 Å². The highest BCUT2D eigenvalue weighted by molar-refractivity contribution is 7.99. The minimum Gasteiger partial charge on any atom is -0.323 e. The Labute approximate surface area is 154 Å². The molecular weight excluding hydrogens is 326 g/mol. The van der Waals surface area contributed by atoms with Crippen LogP contribution in [0.25, 0.3) is 11.0 Å². The zero-order valence-corrected chi connectivity index (χ0v) is 15.6. The summed E-state index contributed by atoms with van der Waals surface area (Å²) >= 11 is 1.90. The van der Waals surface area contributed by atoms with Crippen LogP contribution in [0.3, 0.4) is 0 Å². The molecule has 1 aromatic heterocycles. The lowest BCUT2D eigenvalue weighted by Gasteiger charge is -2.08. The maximum atomic E-state index is 4.83. The van der Waals surface area contributed by atoms with Gasteiger partial charge in [-0.15, -0.1) is 18.3 Å². The van der Waals surface area contributed by atoms with Gasteiger partial charge in [-0.05, 0) is 35.9 Å². The predicted molar refractivity (Wildman–Crippen MR) is 108 cm³/mol. The van der Waals surface area contributed by atoms with Crippen molar-refractivity contribution in [1.29, 1.82) is 0 Å². The van der Waals surface area contributed by atoms with Crippen LogP contribution < -0.4 is 5.32 Å². The monoisotopic (exact) mass is 351 g/mol. The van der Waals surface area contributed by atoms with Crippen LogP contribution in [0, 0.1) is 0 Å². The van der Waals surface area contributed by atoms with Crippen LogP contribution in [0.15, 0.2) is 66.1 Å². The topological polar surface area (TPSA) is 29.9 Å². The minimum atomic E-state index is 0.745. The second-order valence-electron chi connectivity index (χ2n) is 6.02. The van der Waals surface area contributed by atoms with Crippen molar-refractivity contribution in [3.63, 3.8) is 0 Å². The summed E-state index contributed by atoms with van der Waals surface area (Å²) in [4.78, 5) is 6.14. The van der Waals surface area contributed by atoms with E-state index in [4.69, 9.17) is 4.98 Å². The van der Waals surface area contributed by atoms with Gasteiger partial charge in [0.2, 0.25) is 0 Å². The van der Waals surface area contributed by atoms with Gasteiger partial charge in [-0.2, -0.15) is 0 Å². The van der Waals surface area contributed by atoms with Gasteiger partial charge in [0.1, 0.15) is 5.82 Å². The van der Waals surface area contributed by atoms with Gasteiger partial charge >= 0.3 is 0 Å². The molecule has 3 rings (SSSR count). The predicted octanol–water partition coefficient (Wildman–Crippen LogP) is 5.01. The van der Waals surface area contributed by atoms with Gasteiger partial charge in [0.25, 0.3) is 0 Å². The minimum absolute atomic E-state index is 0.745. The molecule has 4 heteroatoms. The molecule has 0 atom stereocenters. The number of aromatic nitrogens is 2. The number of hydrogen-bond acceptors (Lipinski definition) is 3. The largest absolute Gasteiger partial charge is 0.323 e. The summed E-state index contributed by atoms with van der Waals surface area (Å²) in [6.45, 7) is 8.49. The maximum absolute atomic E-state index is 4.83. The van der Waals surface area contributed by atoms with Crippen molar-refractivity contribution in [2.24, 2.45) is 0 Å². The van der Waals surface area contributed by atoms with Crippen molar-refractivity contribution in [2.45, 2.75) is 37.9 Å². The molecular formula is C21H25N3S. The van der Waals surface area contributed by atoms with E-state index >= 15 is 0 Å². The zero-order valence-electron chi connectivity index (χ0n) is 14.7. The number of allylic oxidation sites excluding steroid dienone is 1. The number of imidazole rings is 1. The Kier molecular flexibility index (Phi) is 6.31. The molecule has 0 saturated heterocycles. The lowest BCUT2D eigenvalue weighted by atomic mass is 10.2. The van der Waals surface area contributed by atoms with E-state index in [2.05, 4.69) is 65.9 Å². The normalized spacial score (nSPS) is 11.1. The lowest BCUT2D eigenvalue weighted by molar-refractivity contribution is 0.632. The van der Waals surface area contributed by atoms with Crippen LogP contribution in [-0.4, -0.2) is 15.3 Å². The maximum Gasteiger partial charge on any atom is 0.124 e. The smallest absolute Gasteiger partial charge is 0.124 e. The van der Waals surface area contributed by atoms with E-state index in [1.807, 2.05) is 23.9 Å². The molecule has 0 fully saturated rings. The lowest BCUT2D eigenvalue weighted by Crippen LogP contribution is -2.16. The van der Waals surface area contributed by atoms with Gasteiger partial charge in [-0.25, -0.2) is 4.98 Å². The van der Waals surface area contributed by atoms with Crippen LogP contribution in [0.1, 0.15) is 24.7 Å². The first kappa shape index (κ1) is 17.8. The second kappa shape index (κ2) is 8.88. The molecule has 0 aliphatic carbocycles. The van der Waals surface area contributed by atoms with E-state index in [1.54, 1.807) is 0 Å². The molecule has 130 valence electrons. The number of nitrogens with one attached hydrogen (secondary N) is 1. The van der Waals surface area contributed by atoms with Crippen LogP contribution in [0.4, 0.5) is 0 Å². The first-order valence-corrected chi connectivity index (χ1v) is 9.78. The van der Waals surface area contributed by atoms with E-state index in [0.717, 1.165) is 36.7 Å². The summed E-state index contributed by atoms with van der Waals surface area (Å²) < 4.78 is 2.26. The van der Waals surface area contributed by atoms with Gasteiger partial charge in [0.15, 0.2) is 0 Å². The van der Waals surface area contributed by atoms with E-state index in [1.165, 1.54) is 22.4 Å². The molecule has 0 radical (unpaired) electrons. The highest BCUT2D eigenvalue weighted by atomic mass is 32.2. The highest BCUT2D eigenvalue weighted by Gasteiger charge is 2.10. The first-order chi connectivity index (χ1) is 12.3. The standard InChI is InChI=1S/C21H25N3S/c1-3-12-24-20-14-18(25-13-4-2)10-11-19(20)23-21(24)16-22-15-17-8-6-5-7-9-17/h3,5-11,14,22H,1,4,12-13,15-16H2,2H3. The molecule has 1 heterocycles. The highest BCUT2D eigenvalue weighted by Crippen LogP contribution is 2.25. The summed E-state index contributed by atoms with van der Waals surface area (Å²) in [5, 5.41) is 3.50. The van der Waals surface area contributed by atoms with E-state index in [0.29, 0.717) is 0 Å². The molecule has 25 heavy (non-hydrogen) atoms. The van der Waals surface area contributed by atoms with E-state index < -0.39 is 0 Å². The Morgan fingerprint density at radius 2 is 2.00 bits per heavy atom. The summed E-state index contributed by atoms with van der Waals surface area (Å²) in [6.07, 6.45) is 3.12. The Morgan fingerprint density at radius 3 is 2.76 bits per heavy atom. The van der Waals surface area contributed by atoms with Crippen molar-refractivity contribution < 1.29 is 0 Å². The van der Waals surface area contributed by atoms with Gasteiger partial charge < -0.3 is 9.88 Å². The van der Waals surface area contributed by atoms with Gasteiger partial charge in [0.05, 0.1) is 17.6 Å². The molecule has 0 aliphatic heterocycles. The van der Waals surface area contributed by atoms with Crippen molar-refractivity contribution in [2.75, 3.05) is 5.75 Å². The average Bonchev–Trinajstić information content (AvgIpc) is 2.98. The molecule has 0 aliphatic rings. The van der Waals surface area contributed by atoms with Crippen molar-refractivity contribution in [3.05, 3.63) is 72.6 Å². The Hall–Kier alpha value is -2.04. The summed E-state index contributed by atoms with van der Waals surface area (Å²) in [7, 11) is 0. The third-order valence-corrected chi connectivity index (χ3v) is 5.24. The van der Waals surface area contributed by atoms with Crippen LogP contribution in [-0.2, 0) is 19.6 Å². The summed E-state index contributed by atoms with van der Waals surface area (Å²) in [5.41, 5.74) is 3.53. The third kappa shape index (κ3) is 4.53. The molecule has 2 aromatic carbocycles. The van der Waals surface area contributed by atoms with Crippen LogP contribution in [0.2, 0.25) is 0 Å². The molecule has 0 bridgehead atoms. The number of rotatable bonds is 9. The quantitative estimate of drug-likeness (QED) is 0.434. The van der Waals surface area contributed by atoms with Gasteiger partial charge in [0, 0.05) is 18.0 Å². The molecule has 0 spiro atoms. The Balaban J connectivity index is 1.78. The first-order valence-electron chi connectivity index (χ1n) is 8.79. The summed E-state index contributed by atoms with van der Waals surface area (Å²) in [5.74, 6) is 2.20. The molecule has 3 nitrogen and oxygen atoms in total. The fourth-order valence-electron chi connectivity index (χ4n) is 2.84. The molecule has 1 N–H and O–H groups in total. The van der Waals surface area contributed by atoms with E-state index in [-0.39, 0.29) is 0 Å². The third-order valence-electron chi connectivity index (χ3n) is 4.04. The number of thioether (sulfide) groups is 1. The van der Waals surface area contributed by atoms with Crippen molar-refractivity contribution >= 4 is 22.8 Å². The van der Waals surface area contributed by atoms with Crippen LogP contribution >= 0.6 is 11.8 Å². The molecule has 0 amide bonds. The van der Waals surface area contributed by atoms with Crippen molar-refractivity contribution in [3.8, 4) is 0 Å². The SMILES string of the molecule is C=CCn1c(CNCc2ccccc2)nc2ccc(SCCC)cc21. The molecule has 0 unspecified atom stereocenters. The zero-order chi connectivity index (χ0) is 17.5. The summed E-state index contributed by atoms with van der Waals surface area (Å²) in [6, 6.07) is 17.0. The number of fused-ring (bicyclic) bond motifs is 1. The Bertz CT molecular complexity index is 824. The second-order valence-corrected chi connectivity index (χ2v) is 7.18. The number of hydrogen-bond donors (Lipinski definition) is 1. The van der Waals surface area contributed by atoms with Gasteiger partial charge in [-0.3, -0.25) is 0 Å². The fraction of sp³-hybridized carbons (Fsp3) is 0.286. The average molecular weight is 352 g/mol. The molecule has 0 saturated carbocycles. The fourth-order valence-corrected chi connectivity index (χ4v) is 3.64. The molecule has 3 aromatic rings. The number of nitrogens with zero attached hydrogens (tertiary/aromatic N) is 2. The van der Waals surface area contributed by atoms with Gasteiger partial charge in [-0.1, -0.05) is 43.3 Å². The van der Waals surface area contributed by atoms with Crippen LogP contribution in [0.5, 0.6) is 0 Å². The van der Waals surface area contributed by atoms with E-state index in [9.17, 15) is 0 Å². The number of benzene rings is 2. The Morgan fingerprint density at radius 1 is 1.16 bits per heavy atom.